The van der Waals surface area contributed by atoms with E-state index in [-0.39, 0.29) is 11.4 Å². The second-order valence-corrected chi connectivity index (χ2v) is 4.41. The fourth-order valence-corrected chi connectivity index (χ4v) is 2.03. The summed E-state index contributed by atoms with van der Waals surface area (Å²) >= 11 is 0. The van der Waals surface area contributed by atoms with Crippen LogP contribution in [-0.4, -0.2) is 19.2 Å². The highest BCUT2D eigenvalue weighted by Crippen LogP contribution is 2.24. The lowest BCUT2D eigenvalue weighted by atomic mass is 10.2. The summed E-state index contributed by atoms with van der Waals surface area (Å²) < 4.78 is 16.0. The molecule has 0 spiro atoms. The standard InChI is InChI=1S/C16H13NO4/c1-19-11-5-3-10(4-6-11)16-17-15(18)13-8-7-12(20-2)9-14(13)21-16/h3-9H,1-2H3. The molecule has 0 aliphatic carbocycles. The van der Waals surface area contributed by atoms with Crippen LogP contribution in [0.25, 0.3) is 22.4 Å². The first-order valence-corrected chi connectivity index (χ1v) is 6.34. The zero-order chi connectivity index (χ0) is 14.8. The van der Waals surface area contributed by atoms with E-state index in [1.807, 2.05) is 0 Å². The van der Waals surface area contributed by atoms with Crippen LogP contribution >= 0.6 is 0 Å². The third kappa shape index (κ3) is 2.45. The molecule has 3 aromatic rings. The maximum absolute atomic E-state index is 12.1. The number of benzene rings is 2. The maximum Gasteiger partial charge on any atom is 0.284 e. The van der Waals surface area contributed by atoms with Crippen molar-refractivity contribution in [2.45, 2.75) is 0 Å². The van der Waals surface area contributed by atoms with E-state index in [0.29, 0.717) is 22.3 Å². The van der Waals surface area contributed by atoms with Gasteiger partial charge in [0.25, 0.3) is 5.56 Å². The average Bonchev–Trinajstić information content (AvgIpc) is 2.54. The lowest BCUT2D eigenvalue weighted by molar-refractivity contribution is 0.414. The molecular formula is C16H13NO4. The molecule has 106 valence electrons. The van der Waals surface area contributed by atoms with Crippen LogP contribution in [0, 0.1) is 0 Å². The Hall–Kier alpha value is -2.82. The lowest BCUT2D eigenvalue weighted by Crippen LogP contribution is -2.07. The van der Waals surface area contributed by atoms with E-state index in [0.717, 1.165) is 5.75 Å². The fraction of sp³-hybridized carbons (Fsp3) is 0.125. The number of nitrogens with zero attached hydrogens (tertiary/aromatic N) is 1. The van der Waals surface area contributed by atoms with Crippen molar-refractivity contribution >= 4 is 11.0 Å². The number of methoxy groups -OCH3 is 2. The Bertz CT molecular complexity index is 837. The predicted molar refractivity (Wildman–Crippen MR) is 78.8 cm³/mol. The highest BCUT2D eigenvalue weighted by molar-refractivity contribution is 5.78. The largest absolute Gasteiger partial charge is 0.497 e. The second kappa shape index (κ2) is 5.28. The molecule has 1 aromatic heterocycles. The van der Waals surface area contributed by atoms with Crippen molar-refractivity contribution in [3.8, 4) is 23.0 Å². The van der Waals surface area contributed by atoms with Crippen LogP contribution in [0.2, 0.25) is 0 Å². The van der Waals surface area contributed by atoms with Crippen LogP contribution in [0.15, 0.2) is 51.7 Å². The number of fused-ring (bicyclic) bond motifs is 1. The zero-order valence-electron chi connectivity index (χ0n) is 11.6. The van der Waals surface area contributed by atoms with Crippen molar-refractivity contribution in [1.82, 2.24) is 4.98 Å². The average molecular weight is 283 g/mol. The molecule has 0 aliphatic heterocycles. The maximum atomic E-state index is 12.1. The van der Waals surface area contributed by atoms with Crippen LogP contribution in [-0.2, 0) is 0 Å². The number of ether oxygens (including phenoxy) is 2. The number of aromatic nitrogens is 1. The molecule has 1 heterocycles. The van der Waals surface area contributed by atoms with Gasteiger partial charge >= 0.3 is 0 Å². The third-order valence-electron chi connectivity index (χ3n) is 3.17. The first-order valence-electron chi connectivity index (χ1n) is 6.34. The van der Waals surface area contributed by atoms with Crippen LogP contribution in [0.4, 0.5) is 0 Å². The topological polar surface area (TPSA) is 61.6 Å². The lowest BCUT2D eigenvalue weighted by Gasteiger charge is -2.05. The first-order chi connectivity index (χ1) is 10.2. The van der Waals surface area contributed by atoms with Crippen LogP contribution in [0.3, 0.4) is 0 Å². The quantitative estimate of drug-likeness (QED) is 0.739. The molecule has 0 bridgehead atoms. The molecule has 0 radical (unpaired) electrons. The fourth-order valence-electron chi connectivity index (χ4n) is 2.03. The molecule has 0 saturated carbocycles. The summed E-state index contributed by atoms with van der Waals surface area (Å²) in [6, 6.07) is 12.2. The van der Waals surface area contributed by atoms with E-state index < -0.39 is 0 Å². The highest BCUT2D eigenvalue weighted by atomic mass is 16.5. The van der Waals surface area contributed by atoms with Gasteiger partial charge in [0.15, 0.2) is 0 Å². The Kier molecular flexibility index (Phi) is 3.31. The molecular weight excluding hydrogens is 270 g/mol. The van der Waals surface area contributed by atoms with Gasteiger partial charge in [-0.1, -0.05) is 0 Å². The van der Waals surface area contributed by atoms with Gasteiger partial charge in [0.1, 0.15) is 17.1 Å². The van der Waals surface area contributed by atoms with E-state index in [9.17, 15) is 4.79 Å². The van der Waals surface area contributed by atoms with E-state index in [1.165, 1.54) is 0 Å². The smallest absolute Gasteiger partial charge is 0.284 e. The Labute approximate surface area is 120 Å². The van der Waals surface area contributed by atoms with Gasteiger partial charge in [0.05, 0.1) is 19.6 Å². The molecule has 0 aliphatic rings. The summed E-state index contributed by atoms with van der Waals surface area (Å²) in [4.78, 5) is 16.0. The Morgan fingerprint density at radius 3 is 2.29 bits per heavy atom. The Balaban J connectivity index is 2.15. The zero-order valence-corrected chi connectivity index (χ0v) is 11.6. The summed E-state index contributed by atoms with van der Waals surface area (Å²) in [7, 11) is 3.15. The van der Waals surface area contributed by atoms with Crippen LogP contribution < -0.4 is 15.0 Å². The molecule has 0 amide bonds. The SMILES string of the molecule is COc1ccc(-c2nc(=O)c3ccc(OC)cc3o2)cc1. The monoisotopic (exact) mass is 283 g/mol. The summed E-state index contributed by atoms with van der Waals surface area (Å²) in [6.07, 6.45) is 0. The molecule has 3 rings (SSSR count). The van der Waals surface area contributed by atoms with E-state index in [4.69, 9.17) is 13.9 Å². The van der Waals surface area contributed by atoms with Crippen molar-refractivity contribution in [2.24, 2.45) is 0 Å². The molecule has 0 unspecified atom stereocenters. The molecule has 0 saturated heterocycles. The van der Waals surface area contributed by atoms with Crippen molar-refractivity contribution in [3.05, 3.63) is 52.8 Å². The Morgan fingerprint density at radius 2 is 1.62 bits per heavy atom. The summed E-state index contributed by atoms with van der Waals surface area (Å²) in [5.74, 6) is 1.62. The predicted octanol–water partition coefficient (Wildman–Crippen LogP) is 2.87. The van der Waals surface area contributed by atoms with Gasteiger partial charge in [0.2, 0.25) is 5.89 Å². The van der Waals surface area contributed by atoms with Crippen LogP contribution in [0.1, 0.15) is 0 Å². The van der Waals surface area contributed by atoms with Crippen molar-refractivity contribution in [2.75, 3.05) is 14.2 Å². The van der Waals surface area contributed by atoms with Crippen LogP contribution in [0.5, 0.6) is 11.5 Å². The van der Waals surface area contributed by atoms with E-state index in [2.05, 4.69) is 4.98 Å². The van der Waals surface area contributed by atoms with Gasteiger partial charge in [-0.05, 0) is 36.4 Å². The van der Waals surface area contributed by atoms with Crippen molar-refractivity contribution in [1.29, 1.82) is 0 Å². The summed E-state index contributed by atoms with van der Waals surface area (Å²) in [5.41, 5.74) is 0.822. The number of rotatable bonds is 3. The van der Waals surface area contributed by atoms with Gasteiger partial charge in [-0.2, -0.15) is 4.98 Å². The molecule has 5 heteroatoms. The molecule has 0 atom stereocenters. The first kappa shape index (κ1) is 13.2. The van der Waals surface area contributed by atoms with Gasteiger partial charge in [-0.3, -0.25) is 4.79 Å². The van der Waals surface area contributed by atoms with Gasteiger partial charge in [0, 0.05) is 11.6 Å². The molecule has 0 fully saturated rings. The summed E-state index contributed by atoms with van der Waals surface area (Å²) in [5, 5.41) is 0.424. The van der Waals surface area contributed by atoms with Gasteiger partial charge in [-0.15, -0.1) is 0 Å². The van der Waals surface area contributed by atoms with E-state index >= 15 is 0 Å². The normalized spacial score (nSPS) is 10.6. The van der Waals surface area contributed by atoms with Crippen molar-refractivity contribution in [3.63, 3.8) is 0 Å². The molecule has 2 aromatic carbocycles. The number of hydrogen-bond acceptors (Lipinski definition) is 5. The molecule has 5 nitrogen and oxygen atoms in total. The molecule has 0 N–H and O–H groups in total. The van der Waals surface area contributed by atoms with Crippen molar-refractivity contribution < 1.29 is 13.9 Å². The minimum Gasteiger partial charge on any atom is -0.497 e. The molecule has 21 heavy (non-hydrogen) atoms. The minimum atomic E-state index is -0.329. The number of hydrogen-bond donors (Lipinski definition) is 0. The Morgan fingerprint density at radius 1 is 0.952 bits per heavy atom. The summed E-state index contributed by atoms with van der Waals surface area (Å²) in [6.45, 7) is 0. The third-order valence-corrected chi connectivity index (χ3v) is 3.17. The van der Waals surface area contributed by atoms with Gasteiger partial charge < -0.3 is 13.9 Å². The minimum absolute atomic E-state index is 0.267. The van der Waals surface area contributed by atoms with Gasteiger partial charge in [-0.25, -0.2) is 0 Å². The highest BCUT2D eigenvalue weighted by Gasteiger charge is 2.09. The second-order valence-electron chi connectivity index (χ2n) is 4.41. The van der Waals surface area contributed by atoms with E-state index in [1.54, 1.807) is 56.7 Å².